The van der Waals surface area contributed by atoms with E-state index in [0.29, 0.717) is 5.06 Å². The zero-order chi connectivity index (χ0) is 24.3. The molecule has 0 saturated carbocycles. The lowest BCUT2D eigenvalue weighted by atomic mass is 9.64. The molecule has 3 aromatic rings. The Morgan fingerprint density at radius 3 is 1.76 bits per heavy atom. The Kier molecular flexibility index (Phi) is 4.42. The summed E-state index contributed by atoms with van der Waals surface area (Å²) in [6.45, 7) is 0. The summed E-state index contributed by atoms with van der Waals surface area (Å²) in [5.41, 5.74) is -4.09. The number of carboxylic acid groups (broad SMARTS) is 2. The molecule has 170 valence electrons. The van der Waals surface area contributed by atoms with Crippen LogP contribution >= 0.6 is 0 Å². The predicted octanol–water partition coefficient (Wildman–Crippen LogP) is 3.04. The molecule has 2 amide bonds. The quantitative estimate of drug-likeness (QED) is 0.395. The maximum Gasteiger partial charge on any atom is 0.348 e. The zero-order valence-corrected chi connectivity index (χ0v) is 17.2. The van der Waals surface area contributed by atoms with Crippen molar-refractivity contribution in [3.8, 4) is 0 Å². The molecule has 6 rings (SSSR count). The number of benzene rings is 3. The molecule has 3 aromatic carbocycles. The van der Waals surface area contributed by atoms with Crippen molar-refractivity contribution in [2.24, 2.45) is 0 Å². The third kappa shape index (κ3) is 2.52. The lowest BCUT2D eigenvalue weighted by molar-refractivity contribution is -0.384. The fourth-order valence-corrected chi connectivity index (χ4v) is 4.65. The molecule has 0 fully saturated rings. The second-order valence-corrected chi connectivity index (χ2v) is 7.71. The highest BCUT2D eigenvalue weighted by molar-refractivity contribution is 6.01. The molecular weight excluding hydrogens is 446 g/mol. The van der Waals surface area contributed by atoms with Gasteiger partial charge >= 0.3 is 18.0 Å². The lowest BCUT2D eigenvalue weighted by Gasteiger charge is -2.55. The van der Waals surface area contributed by atoms with Crippen LogP contribution < -0.4 is 5.32 Å². The van der Waals surface area contributed by atoms with Crippen molar-refractivity contribution in [1.29, 1.82) is 0 Å². The third-order valence-corrected chi connectivity index (χ3v) is 6.05. The van der Waals surface area contributed by atoms with E-state index >= 15 is 0 Å². The number of amides is 2. The van der Waals surface area contributed by atoms with Crippen molar-refractivity contribution in [3.05, 3.63) is 105 Å². The molecule has 34 heavy (non-hydrogen) atoms. The Bertz CT molecular complexity index is 1340. The molecular formula is C23H15N3O8. The number of nitrogens with one attached hydrogen (secondary N) is 1. The SMILES string of the molecule is O=C(Nc1ccc([N+](=O)[O-])cc1)N1OC2(C(=O)O)c3ccccc3C1(C(=O)O)c1ccccc12. The molecule has 1 aliphatic carbocycles. The topological polar surface area (TPSA) is 159 Å². The van der Waals surface area contributed by atoms with Gasteiger partial charge in [-0.25, -0.2) is 19.2 Å². The molecule has 0 aromatic heterocycles. The summed E-state index contributed by atoms with van der Waals surface area (Å²) in [7, 11) is 0. The van der Waals surface area contributed by atoms with Crippen LogP contribution in [0, 0.1) is 10.1 Å². The van der Waals surface area contributed by atoms with E-state index in [1.165, 1.54) is 36.4 Å². The number of rotatable bonds is 4. The molecule has 0 saturated heterocycles. The predicted molar refractivity (Wildman–Crippen MR) is 115 cm³/mol. The van der Waals surface area contributed by atoms with E-state index in [-0.39, 0.29) is 33.6 Å². The number of urea groups is 1. The summed E-state index contributed by atoms with van der Waals surface area (Å²) in [5.74, 6) is -2.89. The van der Waals surface area contributed by atoms with Gasteiger partial charge in [0, 0.05) is 40.1 Å². The Morgan fingerprint density at radius 1 is 0.824 bits per heavy atom. The summed E-state index contributed by atoms with van der Waals surface area (Å²) in [5, 5.41) is 34.6. The largest absolute Gasteiger partial charge is 0.479 e. The van der Waals surface area contributed by atoms with Crippen LogP contribution in [0.2, 0.25) is 0 Å². The molecule has 3 N–H and O–H groups in total. The molecule has 2 bridgehead atoms. The van der Waals surface area contributed by atoms with Gasteiger partial charge < -0.3 is 15.5 Å². The molecule has 0 spiro atoms. The fourth-order valence-electron chi connectivity index (χ4n) is 4.65. The first-order chi connectivity index (χ1) is 16.2. The maximum absolute atomic E-state index is 13.4. The number of hydrogen-bond acceptors (Lipinski definition) is 6. The van der Waals surface area contributed by atoms with E-state index < -0.39 is 34.0 Å². The number of hydrogen-bond donors (Lipinski definition) is 3. The molecule has 2 aliphatic heterocycles. The van der Waals surface area contributed by atoms with E-state index in [0.717, 1.165) is 12.1 Å². The second-order valence-electron chi connectivity index (χ2n) is 7.71. The monoisotopic (exact) mass is 461 g/mol. The average Bonchev–Trinajstić information content (AvgIpc) is 2.83. The number of nitro benzene ring substituents is 1. The highest BCUT2D eigenvalue weighted by Crippen LogP contribution is 2.58. The number of aliphatic carboxylic acids is 2. The summed E-state index contributed by atoms with van der Waals surface area (Å²) >= 11 is 0. The van der Waals surface area contributed by atoms with Crippen LogP contribution in [0.25, 0.3) is 0 Å². The van der Waals surface area contributed by atoms with Crippen LogP contribution in [0.1, 0.15) is 22.3 Å². The molecule has 0 unspecified atom stereocenters. The Hall–Kier alpha value is -4.77. The van der Waals surface area contributed by atoms with E-state index in [4.69, 9.17) is 4.84 Å². The van der Waals surface area contributed by atoms with E-state index in [2.05, 4.69) is 5.32 Å². The van der Waals surface area contributed by atoms with Gasteiger partial charge in [0.1, 0.15) is 0 Å². The van der Waals surface area contributed by atoms with Crippen LogP contribution in [0.5, 0.6) is 0 Å². The molecule has 0 atom stereocenters. The molecule has 2 heterocycles. The second kappa shape index (κ2) is 7.12. The van der Waals surface area contributed by atoms with Crippen molar-refractivity contribution in [2.75, 3.05) is 5.32 Å². The number of carbonyl (C=O) groups is 3. The summed E-state index contributed by atoms with van der Waals surface area (Å²) < 4.78 is 0. The van der Waals surface area contributed by atoms with Gasteiger partial charge in [-0.2, -0.15) is 5.06 Å². The normalized spacial score (nSPS) is 21.8. The van der Waals surface area contributed by atoms with Crippen LogP contribution in [0.3, 0.4) is 0 Å². The summed E-state index contributed by atoms with van der Waals surface area (Å²) in [4.78, 5) is 55.0. The van der Waals surface area contributed by atoms with Gasteiger partial charge in [-0.1, -0.05) is 48.5 Å². The van der Waals surface area contributed by atoms with Crippen molar-refractivity contribution < 1.29 is 34.4 Å². The lowest BCUT2D eigenvalue weighted by Crippen LogP contribution is -2.69. The number of nitrogens with zero attached hydrogens (tertiary/aromatic N) is 2. The maximum atomic E-state index is 13.4. The van der Waals surface area contributed by atoms with Gasteiger partial charge in [0.2, 0.25) is 11.1 Å². The minimum Gasteiger partial charge on any atom is -0.479 e. The van der Waals surface area contributed by atoms with Gasteiger partial charge in [-0.15, -0.1) is 0 Å². The summed E-state index contributed by atoms with van der Waals surface area (Å²) in [6.07, 6.45) is 0. The van der Waals surface area contributed by atoms with Crippen LogP contribution in [-0.2, 0) is 25.6 Å². The standard InChI is InChI=1S/C23H15N3O8/c27-19(28)22-15-5-1-3-7-17(15)23(20(29)30,18-8-4-2-6-16(18)22)34-25(22)21(31)24-13-9-11-14(12-10-13)26(32)33/h1-12H,(H,24,31)(H,27,28)(H,29,30). The highest BCUT2D eigenvalue weighted by atomic mass is 16.7. The first-order valence-corrected chi connectivity index (χ1v) is 9.96. The van der Waals surface area contributed by atoms with Crippen LogP contribution in [0.15, 0.2) is 72.8 Å². The number of carboxylic acids is 2. The van der Waals surface area contributed by atoms with Gasteiger partial charge in [-0.05, 0) is 12.1 Å². The number of hydroxylamine groups is 2. The number of non-ortho nitro benzene ring substituents is 1. The summed E-state index contributed by atoms with van der Waals surface area (Å²) in [6, 6.07) is 15.8. The Labute approximate surface area is 190 Å². The van der Waals surface area contributed by atoms with Gasteiger partial charge in [-0.3, -0.25) is 10.1 Å². The highest BCUT2D eigenvalue weighted by Gasteiger charge is 2.69. The number of carbonyl (C=O) groups excluding carboxylic acids is 1. The van der Waals surface area contributed by atoms with Crippen LogP contribution in [-0.4, -0.2) is 38.2 Å². The molecule has 3 aliphatic rings. The first-order valence-electron chi connectivity index (χ1n) is 9.96. The minimum atomic E-state index is -2.19. The average molecular weight is 461 g/mol. The molecule has 11 heteroatoms. The van der Waals surface area contributed by atoms with Crippen molar-refractivity contribution in [1.82, 2.24) is 5.06 Å². The molecule has 0 radical (unpaired) electrons. The van der Waals surface area contributed by atoms with E-state index in [1.54, 1.807) is 24.3 Å². The van der Waals surface area contributed by atoms with E-state index in [9.17, 15) is 34.7 Å². The van der Waals surface area contributed by atoms with E-state index in [1.807, 2.05) is 0 Å². The third-order valence-electron chi connectivity index (χ3n) is 6.05. The van der Waals surface area contributed by atoms with Crippen molar-refractivity contribution in [2.45, 2.75) is 11.1 Å². The first kappa shape index (κ1) is 21.1. The number of fused-ring (bicyclic) bond motifs is 1. The van der Waals surface area contributed by atoms with Crippen molar-refractivity contribution in [3.63, 3.8) is 0 Å². The molecule has 11 nitrogen and oxygen atoms in total. The Morgan fingerprint density at radius 2 is 1.32 bits per heavy atom. The van der Waals surface area contributed by atoms with Gasteiger partial charge in [0.15, 0.2) is 0 Å². The Balaban J connectivity index is 1.71. The smallest absolute Gasteiger partial charge is 0.348 e. The fraction of sp³-hybridized carbons (Fsp3) is 0.0870. The number of nitro groups is 1. The zero-order valence-electron chi connectivity index (χ0n) is 17.2. The van der Waals surface area contributed by atoms with Crippen LogP contribution in [0.4, 0.5) is 16.2 Å². The van der Waals surface area contributed by atoms with Gasteiger partial charge in [0.05, 0.1) is 4.92 Å². The minimum absolute atomic E-state index is 0.0775. The number of anilines is 1. The van der Waals surface area contributed by atoms with Gasteiger partial charge in [0.25, 0.3) is 5.69 Å². The van der Waals surface area contributed by atoms with Crippen molar-refractivity contribution >= 4 is 29.3 Å².